The van der Waals surface area contributed by atoms with Crippen molar-refractivity contribution in [2.45, 2.75) is 20.4 Å². The van der Waals surface area contributed by atoms with Crippen LogP contribution in [0.15, 0.2) is 22.8 Å². The molecule has 2 N–H and O–H groups in total. The number of carbonyl (C=O) groups is 2. The highest BCUT2D eigenvalue weighted by Gasteiger charge is 2.21. The molecular formula is C14H14BrFN2O2. The molecule has 20 heavy (non-hydrogen) atoms. The van der Waals surface area contributed by atoms with E-state index in [0.29, 0.717) is 27.8 Å². The molecule has 4 nitrogen and oxygen atoms in total. The van der Waals surface area contributed by atoms with Crippen LogP contribution in [0.1, 0.15) is 24.2 Å². The monoisotopic (exact) mass is 340 g/mol. The molecule has 0 aliphatic heterocycles. The summed E-state index contributed by atoms with van der Waals surface area (Å²) in [5, 5.41) is 0.398. The number of hydrogen-bond donors (Lipinski definition) is 1. The molecule has 0 aliphatic rings. The summed E-state index contributed by atoms with van der Waals surface area (Å²) >= 11 is 3.13. The molecule has 0 spiro atoms. The Kier molecular flexibility index (Phi) is 3.94. The summed E-state index contributed by atoms with van der Waals surface area (Å²) in [5.74, 6) is -2.00. The summed E-state index contributed by atoms with van der Waals surface area (Å²) in [7, 11) is 0. The highest BCUT2D eigenvalue weighted by molar-refractivity contribution is 9.10. The number of Topliss-reactive ketones (excluding diaryl/α,β-unsaturated/α-hetero) is 1. The van der Waals surface area contributed by atoms with E-state index in [4.69, 9.17) is 5.73 Å². The van der Waals surface area contributed by atoms with Gasteiger partial charge in [0.2, 0.25) is 0 Å². The molecule has 106 valence electrons. The lowest BCUT2D eigenvalue weighted by molar-refractivity contribution is -0.114. The molecule has 2 aromatic rings. The number of halogens is 2. The van der Waals surface area contributed by atoms with E-state index in [9.17, 15) is 14.0 Å². The van der Waals surface area contributed by atoms with E-state index < -0.39 is 17.5 Å². The number of hydrogen-bond acceptors (Lipinski definition) is 2. The van der Waals surface area contributed by atoms with Gasteiger partial charge < -0.3 is 10.3 Å². The molecule has 0 radical (unpaired) electrons. The average Bonchev–Trinajstić information content (AvgIpc) is 2.66. The van der Waals surface area contributed by atoms with Gasteiger partial charge in [-0.3, -0.25) is 9.59 Å². The summed E-state index contributed by atoms with van der Waals surface area (Å²) in [6.07, 6.45) is 1.56. The lowest BCUT2D eigenvalue weighted by Crippen LogP contribution is -2.22. The van der Waals surface area contributed by atoms with Crippen molar-refractivity contribution in [1.82, 2.24) is 4.57 Å². The maximum Gasteiger partial charge on any atom is 0.289 e. The standard InChI is InChI=1S/C14H14BrFN2O2/c1-7(2)5-18-6-9(13(19)14(17)20)8-3-11(16)10(15)4-12(8)18/h3-4,6-7H,5H2,1-2H3,(H2,17,20). The minimum absolute atomic E-state index is 0.138. The van der Waals surface area contributed by atoms with Crippen LogP contribution in [0.3, 0.4) is 0 Å². The predicted molar refractivity (Wildman–Crippen MR) is 78.0 cm³/mol. The minimum atomic E-state index is -1.04. The van der Waals surface area contributed by atoms with Crippen LogP contribution in [-0.4, -0.2) is 16.3 Å². The van der Waals surface area contributed by atoms with Gasteiger partial charge in [0.05, 0.1) is 15.6 Å². The van der Waals surface area contributed by atoms with Crippen LogP contribution in [0, 0.1) is 11.7 Å². The number of rotatable bonds is 4. The van der Waals surface area contributed by atoms with Crippen LogP contribution in [0.4, 0.5) is 4.39 Å². The van der Waals surface area contributed by atoms with Crippen LogP contribution in [-0.2, 0) is 11.3 Å². The van der Waals surface area contributed by atoms with Gasteiger partial charge in [0.1, 0.15) is 5.82 Å². The van der Waals surface area contributed by atoms with E-state index in [1.807, 2.05) is 18.4 Å². The molecule has 0 fully saturated rings. The number of amides is 1. The first kappa shape index (κ1) is 14.7. The molecule has 0 unspecified atom stereocenters. The first-order valence-electron chi connectivity index (χ1n) is 6.13. The van der Waals surface area contributed by atoms with Gasteiger partial charge in [-0.1, -0.05) is 13.8 Å². The predicted octanol–water partition coefficient (Wildman–Crippen LogP) is 2.87. The second-order valence-corrected chi connectivity index (χ2v) is 5.92. The molecule has 6 heteroatoms. The van der Waals surface area contributed by atoms with Crippen molar-refractivity contribution in [2.24, 2.45) is 11.7 Å². The summed E-state index contributed by atoms with van der Waals surface area (Å²) in [4.78, 5) is 22.9. The highest BCUT2D eigenvalue weighted by atomic mass is 79.9. The van der Waals surface area contributed by atoms with Gasteiger partial charge in [-0.2, -0.15) is 0 Å². The second-order valence-electron chi connectivity index (χ2n) is 5.07. The van der Waals surface area contributed by atoms with Crippen LogP contribution < -0.4 is 5.73 Å². The molecule has 0 saturated heterocycles. The summed E-state index contributed by atoms with van der Waals surface area (Å²) in [5.41, 5.74) is 5.87. The van der Waals surface area contributed by atoms with E-state index in [1.54, 1.807) is 12.3 Å². The van der Waals surface area contributed by atoms with Crippen molar-refractivity contribution in [3.8, 4) is 0 Å². The van der Waals surface area contributed by atoms with Crippen LogP contribution in [0.25, 0.3) is 10.9 Å². The second kappa shape index (κ2) is 5.36. The summed E-state index contributed by atoms with van der Waals surface area (Å²) in [6, 6.07) is 2.84. The third-order valence-electron chi connectivity index (χ3n) is 2.95. The molecule has 1 amide bonds. The third kappa shape index (κ3) is 2.60. The molecular weight excluding hydrogens is 327 g/mol. The molecule has 1 heterocycles. The SMILES string of the molecule is CC(C)Cn1cc(C(=O)C(N)=O)c2cc(F)c(Br)cc21. The summed E-state index contributed by atoms with van der Waals surface area (Å²) < 4.78 is 15.8. The third-order valence-corrected chi connectivity index (χ3v) is 3.56. The Morgan fingerprint density at radius 1 is 1.40 bits per heavy atom. The molecule has 0 bridgehead atoms. The Labute approximate surface area is 123 Å². The number of ketones is 1. The lowest BCUT2D eigenvalue weighted by Gasteiger charge is -2.08. The van der Waals surface area contributed by atoms with E-state index in [1.165, 1.54) is 6.07 Å². The van der Waals surface area contributed by atoms with Crippen molar-refractivity contribution in [3.05, 3.63) is 34.2 Å². The number of nitrogens with two attached hydrogens (primary N) is 1. The number of primary amides is 1. The van der Waals surface area contributed by atoms with Crippen molar-refractivity contribution >= 4 is 38.5 Å². The lowest BCUT2D eigenvalue weighted by atomic mass is 10.1. The summed E-state index contributed by atoms with van der Waals surface area (Å²) in [6.45, 7) is 4.71. The Bertz CT molecular complexity index is 707. The Hall–Kier alpha value is -1.69. The fourth-order valence-electron chi connectivity index (χ4n) is 2.14. The fraction of sp³-hybridized carbons (Fsp3) is 0.286. The zero-order chi connectivity index (χ0) is 15.0. The van der Waals surface area contributed by atoms with Crippen LogP contribution in [0.2, 0.25) is 0 Å². The number of nitrogens with zero attached hydrogens (tertiary/aromatic N) is 1. The largest absolute Gasteiger partial charge is 0.363 e. The Morgan fingerprint density at radius 3 is 2.60 bits per heavy atom. The van der Waals surface area contributed by atoms with Gasteiger partial charge in [0, 0.05) is 18.1 Å². The Morgan fingerprint density at radius 2 is 2.05 bits per heavy atom. The van der Waals surface area contributed by atoms with Crippen molar-refractivity contribution in [2.75, 3.05) is 0 Å². The fourth-order valence-corrected chi connectivity index (χ4v) is 2.47. The first-order valence-corrected chi connectivity index (χ1v) is 6.92. The topological polar surface area (TPSA) is 65.1 Å². The average molecular weight is 341 g/mol. The van der Waals surface area contributed by atoms with Crippen LogP contribution >= 0.6 is 15.9 Å². The molecule has 1 aromatic carbocycles. The molecule has 0 aliphatic carbocycles. The normalized spacial score (nSPS) is 11.2. The van der Waals surface area contributed by atoms with Crippen LogP contribution in [0.5, 0.6) is 0 Å². The van der Waals surface area contributed by atoms with Crippen molar-refractivity contribution in [3.63, 3.8) is 0 Å². The molecule has 0 atom stereocenters. The zero-order valence-electron chi connectivity index (χ0n) is 11.1. The van der Waals surface area contributed by atoms with Crippen molar-refractivity contribution in [1.29, 1.82) is 0 Å². The number of carbonyl (C=O) groups excluding carboxylic acids is 2. The van der Waals surface area contributed by atoms with E-state index in [0.717, 1.165) is 0 Å². The quantitative estimate of drug-likeness (QED) is 0.686. The Balaban J connectivity index is 2.72. The molecule has 1 aromatic heterocycles. The number of benzene rings is 1. The van der Waals surface area contributed by atoms with Gasteiger partial charge in [0.25, 0.3) is 11.7 Å². The van der Waals surface area contributed by atoms with Crippen molar-refractivity contribution < 1.29 is 14.0 Å². The van der Waals surface area contributed by atoms with Gasteiger partial charge in [-0.25, -0.2) is 4.39 Å². The number of aromatic nitrogens is 1. The van der Waals surface area contributed by atoms with E-state index in [2.05, 4.69) is 15.9 Å². The highest BCUT2D eigenvalue weighted by Crippen LogP contribution is 2.28. The van der Waals surface area contributed by atoms with Gasteiger partial charge in [-0.15, -0.1) is 0 Å². The maximum absolute atomic E-state index is 13.7. The van der Waals surface area contributed by atoms with Gasteiger partial charge in [-0.05, 0) is 34.0 Å². The van der Waals surface area contributed by atoms with Gasteiger partial charge in [0.15, 0.2) is 0 Å². The maximum atomic E-state index is 13.7. The first-order chi connectivity index (χ1) is 9.31. The smallest absolute Gasteiger partial charge is 0.289 e. The van der Waals surface area contributed by atoms with Gasteiger partial charge >= 0.3 is 0 Å². The molecule has 2 rings (SSSR count). The molecule has 0 saturated carbocycles. The zero-order valence-corrected chi connectivity index (χ0v) is 12.7. The number of fused-ring (bicyclic) bond motifs is 1. The van der Waals surface area contributed by atoms with E-state index in [-0.39, 0.29) is 5.56 Å². The minimum Gasteiger partial charge on any atom is -0.363 e. The van der Waals surface area contributed by atoms with E-state index >= 15 is 0 Å².